The number of hydrogen-bond acceptors (Lipinski definition) is 2. The van der Waals surface area contributed by atoms with Gasteiger partial charge in [-0.05, 0) is 54.8 Å². The van der Waals surface area contributed by atoms with Crippen molar-refractivity contribution >= 4 is 15.9 Å². The second-order valence-corrected chi connectivity index (χ2v) is 5.27. The molecule has 0 radical (unpaired) electrons. The van der Waals surface area contributed by atoms with Gasteiger partial charge in [0.1, 0.15) is 12.4 Å². The van der Waals surface area contributed by atoms with E-state index in [-0.39, 0.29) is 5.82 Å². The normalized spacial score (nSPS) is 10.5. The Morgan fingerprint density at radius 2 is 1.86 bits per heavy atom. The summed E-state index contributed by atoms with van der Waals surface area (Å²) < 4.78 is 24.7. The summed E-state index contributed by atoms with van der Waals surface area (Å²) in [5.41, 5.74) is 2.96. The fourth-order valence-electron chi connectivity index (χ4n) is 1.97. The van der Waals surface area contributed by atoms with E-state index in [1.807, 2.05) is 32.0 Å². The first-order valence-electron chi connectivity index (χ1n) is 6.83. The Labute approximate surface area is 133 Å². The molecule has 21 heavy (non-hydrogen) atoms. The summed E-state index contributed by atoms with van der Waals surface area (Å²) in [6.07, 6.45) is 0. The van der Waals surface area contributed by atoms with Crippen LogP contribution in [0.5, 0.6) is 11.5 Å². The monoisotopic (exact) mass is 352 g/mol. The van der Waals surface area contributed by atoms with E-state index in [1.165, 1.54) is 12.1 Å². The fourth-order valence-corrected chi connectivity index (χ4v) is 2.32. The molecule has 0 bridgehead atoms. The number of aryl methyl sites for hydroxylation is 1. The summed E-state index contributed by atoms with van der Waals surface area (Å²) in [6, 6.07) is 10.5. The SMILES string of the molecule is CCOc1cc(CBr)ccc1OCc1cc(F)ccc1C. The van der Waals surface area contributed by atoms with E-state index >= 15 is 0 Å². The van der Waals surface area contributed by atoms with E-state index in [9.17, 15) is 4.39 Å². The number of halogens is 2. The van der Waals surface area contributed by atoms with Crippen LogP contribution < -0.4 is 9.47 Å². The molecular weight excluding hydrogens is 335 g/mol. The number of ether oxygens (including phenoxy) is 2. The van der Waals surface area contributed by atoms with Crippen molar-refractivity contribution in [3.8, 4) is 11.5 Å². The van der Waals surface area contributed by atoms with E-state index in [0.717, 1.165) is 22.0 Å². The maximum atomic E-state index is 13.3. The van der Waals surface area contributed by atoms with Crippen molar-refractivity contribution in [3.05, 3.63) is 58.9 Å². The second-order valence-electron chi connectivity index (χ2n) is 4.71. The highest BCUT2D eigenvalue weighted by Crippen LogP contribution is 2.30. The fraction of sp³-hybridized carbons (Fsp3) is 0.294. The van der Waals surface area contributed by atoms with Gasteiger partial charge in [-0.25, -0.2) is 4.39 Å². The third-order valence-electron chi connectivity index (χ3n) is 3.16. The van der Waals surface area contributed by atoms with Gasteiger partial charge in [0.2, 0.25) is 0 Å². The van der Waals surface area contributed by atoms with Crippen molar-refractivity contribution in [3.63, 3.8) is 0 Å². The Hall–Kier alpha value is -1.55. The van der Waals surface area contributed by atoms with Gasteiger partial charge in [0, 0.05) is 5.33 Å². The van der Waals surface area contributed by atoms with Crippen LogP contribution in [0.15, 0.2) is 36.4 Å². The zero-order valence-electron chi connectivity index (χ0n) is 12.2. The number of benzene rings is 2. The minimum Gasteiger partial charge on any atom is -0.490 e. The van der Waals surface area contributed by atoms with E-state index in [4.69, 9.17) is 9.47 Å². The molecule has 0 fully saturated rings. The van der Waals surface area contributed by atoms with Crippen LogP contribution in [0.4, 0.5) is 4.39 Å². The predicted molar refractivity (Wildman–Crippen MR) is 85.7 cm³/mol. The van der Waals surface area contributed by atoms with Gasteiger partial charge < -0.3 is 9.47 Å². The van der Waals surface area contributed by atoms with Crippen LogP contribution in [0, 0.1) is 12.7 Å². The van der Waals surface area contributed by atoms with Crippen molar-refractivity contribution in [1.82, 2.24) is 0 Å². The molecule has 2 aromatic carbocycles. The summed E-state index contributed by atoms with van der Waals surface area (Å²) in [5.74, 6) is 1.13. The van der Waals surface area contributed by atoms with Crippen molar-refractivity contribution in [2.75, 3.05) is 6.61 Å². The van der Waals surface area contributed by atoms with Crippen LogP contribution in [0.25, 0.3) is 0 Å². The average molecular weight is 353 g/mol. The number of alkyl halides is 1. The molecule has 0 aromatic heterocycles. The molecule has 0 aliphatic carbocycles. The molecule has 0 aliphatic heterocycles. The molecule has 2 rings (SSSR count). The first kappa shape index (κ1) is 15.8. The largest absolute Gasteiger partial charge is 0.490 e. The van der Waals surface area contributed by atoms with Crippen LogP contribution in [0.2, 0.25) is 0 Å². The van der Waals surface area contributed by atoms with E-state index in [1.54, 1.807) is 6.07 Å². The lowest BCUT2D eigenvalue weighted by Crippen LogP contribution is -2.02. The van der Waals surface area contributed by atoms with Crippen molar-refractivity contribution in [1.29, 1.82) is 0 Å². The molecule has 0 amide bonds. The summed E-state index contributed by atoms with van der Waals surface area (Å²) in [7, 11) is 0. The minimum atomic E-state index is -0.251. The lowest BCUT2D eigenvalue weighted by Gasteiger charge is -2.14. The van der Waals surface area contributed by atoms with Gasteiger partial charge in [-0.2, -0.15) is 0 Å². The van der Waals surface area contributed by atoms with E-state index in [0.29, 0.717) is 24.7 Å². The molecule has 0 unspecified atom stereocenters. The first-order chi connectivity index (χ1) is 10.1. The molecule has 4 heteroatoms. The third kappa shape index (κ3) is 4.21. The molecule has 0 aliphatic rings. The lowest BCUT2D eigenvalue weighted by atomic mass is 10.1. The van der Waals surface area contributed by atoms with Crippen molar-refractivity contribution in [2.24, 2.45) is 0 Å². The maximum Gasteiger partial charge on any atom is 0.161 e. The van der Waals surface area contributed by atoms with Gasteiger partial charge in [-0.15, -0.1) is 0 Å². The summed E-state index contributed by atoms with van der Waals surface area (Å²) >= 11 is 3.42. The highest BCUT2D eigenvalue weighted by atomic mass is 79.9. The zero-order valence-corrected chi connectivity index (χ0v) is 13.7. The molecule has 0 saturated carbocycles. The Bertz CT molecular complexity index is 614. The van der Waals surface area contributed by atoms with E-state index < -0.39 is 0 Å². The third-order valence-corrected chi connectivity index (χ3v) is 3.80. The van der Waals surface area contributed by atoms with Crippen LogP contribution in [-0.4, -0.2) is 6.61 Å². The molecule has 0 atom stereocenters. The molecule has 2 nitrogen and oxygen atoms in total. The number of hydrogen-bond donors (Lipinski definition) is 0. The first-order valence-corrected chi connectivity index (χ1v) is 7.95. The van der Waals surface area contributed by atoms with Crippen LogP contribution in [0.1, 0.15) is 23.6 Å². The smallest absolute Gasteiger partial charge is 0.161 e. The summed E-state index contributed by atoms with van der Waals surface area (Å²) in [4.78, 5) is 0. The van der Waals surface area contributed by atoms with Gasteiger partial charge in [-0.3, -0.25) is 0 Å². The topological polar surface area (TPSA) is 18.5 Å². The van der Waals surface area contributed by atoms with Crippen molar-refractivity contribution in [2.45, 2.75) is 25.8 Å². The average Bonchev–Trinajstić information content (AvgIpc) is 2.49. The standard InChI is InChI=1S/C17H18BrFO2/c1-3-20-17-8-13(10-18)5-7-16(17)21-11-14-9-15(19)6-4-12(14)2/h4-9H,3,10-11H2,1-2H3. The number of rotatable bonds is 6. The van der Waals surface area contributed by atoms with Crippen LogP contribution in [0.3, 0.4) is 0 Å². The highest BCUT2D eigenvalue weighted by Gasteiger charge is 2.08. The van der Waals surface area contributed by atoms with Crippen molar-refractivity contribution < 1.29 is 13.9 Å². The minimum absolute atomic E-state index is 0.251. The second kappa shape index (κ2) is 7.46. The maximum absolute atomic E-state index is 13.3. The molecule has 0 saturated heterocycles. The molecule has 0 spiro atoms. The predicted octanol–water partition coefficient (Wildman–Crippen LogP) is 5.01. The van der Waals surface area contributed by atoms with Gasteiger partial charge in [0.05, 0.1) is 6.61 Å². The van der Waals surface area contributed by atoms with Crippen LogP contribution in [-0.2, 0) is 11.9 Å². The molecule has 0 heterocycles. The molecule has 2 aromatic rings. The van der Waals surface area contributed by atoms with Gasteiger partial charge in [0.15, 0.2) is 11.5 Å². The quantitative estimate of drug-likeness (QED) is 0.680. The summed E-state index contributed by atoms with van der Waals surface area (Å²) in [6.45, 7) is 4.76. The van der Waals surface area contributed by atoms with Gasteiger partial charge >= 0.3 is 0 Å². The Morgan fingerprint density at radius 3 is 2.57 bits per heavy atom. The summed E-state index contributed by atoms with van der Waals surface area (Å²) in [5, 5.41) is 0.760. The molecule has 112 valence electrons. The lowest BCUT2D eigenvalue weighted by molar-refractivity contribution is 0.268. The van der Waals surface area contributed by atoms with E-state index in [2.05, 4.69) is 15.9 Å². The molecule has 0 N–H and O–H groups in total. The highest BCUT2D eigenvalue weighted by molar-refractivity contribution is 9.08. The van der Waals surface area contributed by atoms with Gasteiger partial charge in [0.25, 0.3) is 0 Å². The zero-order chi connectivity index (χ0) is 15.2. The molecular formula is C17H18BrFO2. The Morgan fingerprint density at radius 1 is 1.05 bits per heavy atom. The Kier molecular flexibility index (Phi) is 5.62. The van der Waals surface area contributed by atoms with Crippen LogP contribution >= 0.6 is 15.9 Å². The van der Waals surface area contributed by atoms with Gasteiger partial charge in [-0.1, -0.05) is 28.1 Å². The Balaban J connectivity index is 2.17.